The molecule has 2 N–H and O–H groups in total. The van der Waals surface area contributed by atoms with Crippen molar-refractivity contribution in [3.8, 4) is 11.3 Å². The Morgan fingerprint density at radius 2 is 2.19 bits per heavy atom. The quantitative estimate of drug-likeness (QED) is 0.593. The lowest BCUT2D eigenvalue weighted by Crippen LogP contribution is -2.21. The molecule has 1 aliphatic rings. The lowest BCUT2D eigenvalue weighted by Gasteiger charge is -2.22. The second-order valence-corrected chi connectivity index (χ2v) is 8.19. The molecular formula is C20H20ClFN2OS. The number of β-amino-alcohol motifs (C(OH)–C–C–N with tert-alkyl or cyclic N) is 1. The Bertz CT molecular complexity index is 958. The zero-order chi connectivity index (χ0) is 18.3. The zero-order valence-corrected chi connectivity index (χ0v) is 16.0. The van der Waals surface area contributed by atoms with Crippen molar-refractivity contribution < 1.29 is 9.50 Å². The molecule has 0 saturated carbocycles. The number of rotatable bonds is 4. The van der Waals surface area contributed by atoms with E-state index >= 15 is 0 Å². The lowest BCUT2D eigenvalue weighted by atomic mass is 10.1. The molecule has 6 heteroatoms. The third kappa shape index (κ3) is 3.08. The van der Waals surface area contributed by atoms with Crippen molar-refractivity contribution in [1.29, 1.82) is 0 Å². The summed E-state index contributed by atoms with van der Waals surface area (Å²) >= 11 is 8.34. The van der Waals surface area contributed by atoms with E-state index in [9.17, 15) is 9.50 Å². The first-order valence-corrected chi connectivity index (χ1v) is 10.1. The van der Waals surface area contributed by atoms with Crippen LogP contribution in [0.5, 0.6) is 0 Å². The molecule has 1 unspecified atom stereocenters. The summed E-state index contributed by atoms with van der Waals surface area (Å²) < 4.78 is 14.3. The van der Waals surface area contributed by atoms with Gasteiger partial charge < -0.3 is 15.0 Å². The van der Waals surface area contributed by atoms with Crippen LogP contribution >= 0.6 is 23.4 Å². The number of aliphatic hydroxyl groups excluding tert-OH is 1. The molecule has 136 valence electrons. The second kappa shape index (κ2) is 7.14. The summed E-state index contributed by atoms with van der Waals surface area (Å²) in [4.78, 5) is 6.60. The summed E-state index contributed by atoms with van der Waals surface area (Å²) in [6.07, 6.45) is 0.433. The molecule has 0 aliphatic carbocycles. The van der Waals surface area contributed by atoms with Crippen LogP contribution < -0.4 is 4.90 Å². The molecule has 0 radical (unpaired) electrons. The van der Waals surface area contributed by atoms with E-state index in [-0.39, 0.29) is 11.9 Å². The third-order valence-corrected chi connectivity index (χ3v) is 6.02. The van der Waals surface area contributed by atoms with Crippen LogP contribution in [0.3, 0.4) is 0 Å². The topological polar surface area (TPSA) is 39.3 Å². The van der Waals surface area contributed by atoms with Gasteiger partial charge in [0.1, 0.15) is 5.82 Å². The Kier molecular flexibility index (Phi) is 4.86. The molecule has 2 aromatic carbocycles. The van der Waals surface area contributed by atoms with Gasteiger partial charge in [0.05, 0.1) is 27.7 Å². The van der Waals surface area contributed by atoms with E-state index in [1.54, 1.807) is 17.8 Å². The first-order chi connectivity index (χ1) is 12.6. The molecule has 1 fully saturated rings. The van der Waals surface area contributed by atoms with Crippen molar-refractivity contribution in [3.05, 3.63) is 47.2 Å². The van der Waals surface area contributed by atoms with Crippen molar-refractivity contribution >= 4 is 40.0 Å². The molecular weight excluding hydrogens is 371 g/mol. The van der Waals surface area contributed by atoms with E-state index in [1.165, 1.54) is 6.07 Å². The molecule has 3 nitrogen and oxygen atoms in total. The predicted octanol–water partition coefficient (Wildman–Crippen LogP) is 5.31. The van der Waals surface area contributed by atoms with Crippen LogP contribution in [0.25, 0.3) is 22.2 Å². The zero-order valence-electron chi connectivity index (χ0n) is 14.4. The van der Waals surface area contributed by atoms with Gasteiger partial charge >= 0.3 is 0 Å². The van der Waals surface area contributed by atoms with Crippen molar-refractivity contribution in [2.75, 3.05) is 23.7 Å². The SMILES string of the molecule is CCSc1ccc(N2CCC(O)C2)c(-c2[nH]c3cccc(F)c3c2Cl)c1. The van der Waals surface area contributed by atoms with Crippen LogP contribution in [0.2, 0.25) is 5.02 Å². The minimum Gasteiger partial charge on any atom is -0.391 e. The molecule has 1 atom stereocenters. The van der Waals surface area contributed by atoms with Gasteiger partial charge in [-0.3, -0.25) is 0 Å². The van der Waals surface area contributed by atoms with E-state index in [2.05, 4.69) is 35.0 Å². The number of aromatic amines is 1. The molecule has 3 aromatic rings. The average Bonchev–Trinajstić information content (AvgIpc) is 3.20. The fourth-order valence-corrected chi connectivity index (χ4v) is 4.60. The summed E-state index contributed by atoms with van der Waals surface area (Å²) in [7, 11) is 0. The fraction of sp³-hybridized carbons (Fsp3) is 0.300. The Hall–Kier alpha value is -1.69. The highest BCUT2D eigenvalue weighted by atomic mass is 35.5. The van der Waals surface area contributed by atoms with Crippen LogP contribution in [0.4, 0.5) is 10.1 Å². The molecule has 0 amide bonds. The van der Waals surface area contributed by atoms with Crippen molar-refractivity contribution in [2.45, 2.75) is 24.3 Å². The molecule has 2 heterocycles. The van der Waals surface area contributed by atoms with Crippen molar-refractivity contribution in [3.63, 3.8) is 0 Å². The maximum Gasteiger partial charge on any atom is 0.134 e. The summed E-state index contributed by atoms with van der Waals surface area (Å²) in [5, 5.41) is 10.8. The number of hydrogen-bond donors (Lipinski definition) is 2. The summed E-state index contributed by atoms with van der Waals surface area (Å²) in [6, 6.07) is 11.2. The number of nitrogens with zero attached hydrogens (tertiary/aromatic N) is 1. The molecule has 1 saturated heterocycles. The number of aromatic nitrogens is 1. The fourth-order valence-electron chi connectivity index (χ4n) is 3.56. The minimum absolute atomic E-state index is 0.317. The van der Waals surface area contributed by atoms with Crippen molar-refractivity contribution in [2.24, 2.45) is 0 Å². The first-order valence-electron chi connectivity index (χ1n) is 8.74. The van der Waals surface area contributed by atoms with Gasteiger partial charge in [-0.05, 0) is 42.5 Å². The van der Waals surface area contributed by atoms with Crippen LogP contribution in [-0.4, -0.2) is 35.0 Å². The van der Waals surface area contributed by atoms with Gasteiger partial charge in [-0.15, -0.1) is 11.8 Å². The number of H-pyrrole nitrogens is 1. The van der Waals surface area contributed by atoms with E-state index in [0.717, 1.165) is 40.6 Å². The Morgan fingerprint density at radius 3 is 2.88 bits per heavy atom. The number of thioether (sulfide) groups is 1. The van der Waals surface area contributed by atoms with Crippen LogP contribution in [0, 0.1) is 5.82 Å². The number of aliphatic hydroxyl groups is 1. The molecule has 4 rings (SSSR count). The number of halogens is 2. The maximum absolute atomic E-state index is 14.3. The summed E-state index contributed by atoms with van der Waals surface area (Å²) in [5.74, 6) is 0.642. The number of hydrogen-bond acceptors (Lipinski definition) is 3. The summed E-state index contributed by atoms with van der Waals surface area (Å²) in [6.45, 7) is 3.50. The van der Waals surface area contributed by atoms with Gasteiger partial charge in [0.2, 0.25) is 0 Å². The largest absolute Gasteiger partial charge is 0.391 e. The van der Waals surface area contributed by atoms with Crippen LogP contribution in [0.1, 0.15) is 13.3 Å². The lowest BCUT2D eigenvalue weighted by molar-refractivity contribution is 0.198. The highest BCUT2D eigenvalue weighted by molar-refractivity contribution is 7.99. The van der Waals surface area contributed by atoms with E-state index in [0.29, 0.717) is 22.5 Å². The van der Waals surface area contributed by atoms with E-state index in [4.69, 9.17) is 11.6 Å². The molecule has 0 spiro atoms. The molecule has 1 aromatic heterocycles. The Morgan fingerprint density at radius 1 is 1.35 bits per heavy atom. The molecule has 26 heavy (non-hydrogen) atoms. The van der Waals surface area contributed by atoms with Gasteiger partial charge in [0, 0.05) is 29.2 Å². The number of nitrogens with one attached hydrogen (secondary N) is 1. The Labute approximate surface area is 161 Å². The number of benzene rings is 2. The van der Waals surface area contributed by atoms with Gasteiger partial charge in [0.15, 0.2) is 0 Å². The van der Waals surface area contributed by atoms with Gasteiger partial charge in [-0.1, -0.05) is 24.6 Å². The van der Waals surface area contributed by atoms with Gasteiger partial charge in [0.25, 0.3) is 0 Å². The highest BCUT2D eigenvalue weighted by Gasteiger charge is 2.25. The second-order valence-electron chi connectivity index (χ2n) is 6.48. The van der Waals surface area contributed by atoms with E-state index < -0.39 is 0 Å². The minimum atomic E-state index is -0.327. The van der Waals surface area contributed by atoms with Crippen LogP contribution in [-0.2, 0) is 0 Å². The normalized spacial score (nSPS) is 17.4. The van der Waals surface area contributed by atoms with Gasteiger partial charge in [-0.25, -0.2) is 4.39 Å². The summed E-state index contributed by atoms with van der Waals surface area (Å²) in [5.41, 5.74) is 3.36. The van der Waals surface area contributed by atoms with Crippen LogP contribution in [0.15, 0.2) is 41.3 Å². The molecule has 0 bridgehead atoms. The maximum atomic E-state index is 14.3. The Balaban J connectivity index is 1.90. The first kappa shape index (κ1) is 17.7. The third-order valence-electron chi connectivity index (χ3n) is 4.76. The predicted molar refractivity (Wildman–Crippen MR) is 108 cm³/mol. The standard InChI is InChI=1S/C20H20ClFN2OS/c1-2-26-13-6-7-17(24-9-8-12(25)11-24)14(10-13)20-19(21)18-15(22)4-3-5-16(18)23-20/h3-7,10,12,23,25H,2,8-9,11H2,1H3. The average molecular weight is 391 g/mol. The monoisotopic (exact) mass is 390 g/mol. The highest BCUT2D eigenvalue weighted by Crippen LogP contribution is 2.42. The number of anilines is 1. The van der Waals surface area contributed by atoms with E-state index in [1.807, 2.05) is 6.07 Å². The number of fused-ring (bicyclic) bond motifs is 1. The molecule has 1 aliphatic heterocycles. The smallest absolute Gasteiger partial charge is 0.134 e. The van der Waals surface area contributed by atoms with Crippen molar-refractivity contribution in [1.82, 2.24) is 4.98 Å². The van der Waals surface area contributed by atoms with Gasteiger partial charge in [-0.2, -0.15) is 0 Å².